The summed E-state index contributed by atoms with van der Waals surface area (Å²) in [6.45, 7) is 6.57. The number of esters is 6. The summed E-state index contributed by atoms with van der Waals surface area (Å²) in [5, 5.41) is 0. The Balaban J connectivity index is 0.00000341. The second-order valence-electron chi connectivity index (χ2n) is 17.6. The van der Waals surface area contributed by atoms with E-state index in [1.807, 2.05) is 12.1 Å². The molecule has 0 aromatic heterocycles. The standard InChI is InChI=1S/C44H56N2O12.2BrH/c1-25(47)53-39-15-7-29(17-41(39)55-27(3)49)23-45(5)31-9-10-32(45)20-35(19-31)57-43(51)37-13-14-38(37)44(52)58-36-21-33-11-12-34(22-36)46(33,6)24-30-8-16-40(54-26(2)48)42(18-30)56-28(4)50;;/h7-8,15-18,31-38H,9-14,19-24H2,1-6H3;2*1H/q+2;;/p-2/t31-,32+,33-,34+,35?,36?,37?,38?,45?,46?;;. The molecule has 10 atom stereocenters. The zero-order chi connectivity index (χ0) is 41.5. The zero-order valence-electron chi connectivity index (χ0n) is 35.1. The number of hydrogen-bond acceptors (Lipinski definition) is 12. The Bertz CT molecular complexity index is 1820. The molecule has 0 amide bonds. The maximum absolute atomic E-state index is 13.6. The summed E-state index contributed by atoms with van der Waals surface area (Å²) in [6, 6.07) is 11.7. The van der Waals surface area contributed by atoms with Gasteiger partial charge in [-0.1, -0.05) is 0 Å². The van der Waals surface area contributed by atoms with Crippen LogP contribution >= 0.6 is 0 Å². The Kier molecular flexibility index (Phi) is 15.0. The Morgan fingerprint density at radius 3 is 1.07 bits per heavy atom. The second kappa shape index (κ2) is 19.0. The van der Waals surface area contributed by atoms with Gasteiger partial charge < -0.3 is 71.4 Å². The first-order valence-electron chi connectivity index (χ1n) is 20.6. The summed E-state index contributed by atoms with van der Waals surface area (Å²) in [4.78, 5) is 73.9. The lowest BCUT2D eigenvalue weighted by Crippen LogP contribution is -3.00. The highest BCUT2D eigenvalue weighted by molar-refractivity contribution is 5.84. The molecule has 60 heavy (non-hydrogen) atoms. The number of piperidine rings is 2. The van der Waals surface area contributed by atoms with Crippen molar-refractivity contribution in [1.82, 2.24) is 0 Å². The SMILES string of the molecule is CC(=O)Oc1ccc(C[N+]2(C)[C@@H]3CC[C@H]2CC(OC(=O)C2CCC2C(=O)OC2C[C@H]4CC[C@@H](C2)[N+]4(C)Cc2ccc(OC(C)=O)c(OC(C)=O)c2)C3)cc1OC(C)=O.[Br-].[Br-]. The molecule has 4 saturated heterocycles. The molecular formula is C44H56Br2N2O12. The van der Waals surface area contributed by atoms with E-state index >= 15 is 0 Å². The van der Waals surface area contributed by atoms with Crippen LogP contribution in [0.1, 0.15) is 103 Å². The number of carbonyl (C=O) groups excluding carboxylic acids is 6. The normalized spacial score (nSPS) is 30.9. The van der Waals surface area contributed by atoms with E-state index in [1.165, 1.54) is 27.7 Å². The van der Waals surface area contributed by atoms with E-state index in [-0.39, 0.29) is 105 Å². The second-order valence-corrected chi connectivity index (χ2v) is 17.6. The Morgan fingerprint density at radius 1 is 0.483 bits per heavy atom. The smallest absolute Gasteiger partial charge is 0.310 e. The van der Waals surface area contributed by atoms with Crippen molar-refractivity contribution in [3.63, 3.8) is 0 Å². The van der Waals surface area contributed by atoms with Crippen LogP contribution < -0.4 is 52.9 Å². The number of rotatable bonds is 12. The molecule has 5 fully saturated rings. The summed E-state index contributed by atoms with van der Waals surface area (Å²) < 4.78 is 35.1. The fraction of sp³-hybridized carbons (Fsp3) is 0.591. The zero-order valence-corrected chi connectivity index (χ0v) is 38.3. The highest BCUT2D eigenvalue weighted by Crippen LogP contribution is 2.47. The molecule has 0 spiro atoms. The molecular weight excluding hydrogens is 908 g/mol. The van der Waals surface area contributed by atoms with Crippen LogP contribution in [0.3, 0.4) is 0 Å². The molecule has 0 radical (unpaired) electrons. The van der Waals surface area contributed by atoms with Crippen LogP contribution in [-0.2, 0) is 51.3 Å². The first-order chi connectivity index (χ1) is 27.5. The number of halogens is 2. The molecule has 14 nitrogen and oxygen atoms in total. The van der Waals surface area contributed by atoms with Crippen LogP contribution in [0.2, 0.25) is 0 Å². The van der Waals surface area contributed by atoms with Crippen LogP contribution in [-0.4, -0.2) is 95.3 Å². The molecule has 4 aliphatic heterocycles. The van der Waals surface area contributed by atoms with Gasteiger partial charge in [0.25, 0.3) is 0 Å². The lowest BCUT2D eigenvalue weighted by molar-refractivity contribution is -0.961. The molecule has 4 heterocycles. The number of hydrogen-bond donors (Lipinski definition) is 0. The van der Waals surface area contributed by atoms with Crippen molar-refractivity contribution in [2.75, 3.05) is 14.1 Å². The summed E-state index contributed by atoms with van der Waals surface area (Å²) in [6.07, 6.45) is 7.73. The van der Waals surface area contributed by atoms with Crippen molar-refractivity contribution in [3.05, 3.63) is 47.5 Å². The van der Waals surface area contributed by atoms with Gasteiger partial charge in [-0.25, -0.2) is 0 Å². The highest BCUT2D eigenvalue weighted by Gasteiger charge is 2.55. The van der Waals surface area contributed by atoms with Crippen LogP contribution in [0.25, 0.3) is 0 Å². The maximum Gasteiger partial charge on any atom is 0.310 e. The number of quaternary nitrogens is 2. The van der Waals surface area contributed by atoms with Gasteiger partial charge in [0.1, 0.15) is 25.3 Å². The molecule has 16 heteroatoms. The molecule has 6 unspecified atom stereocenters. The summed E-state index contributed by atoms with van der Waals surface area (Å²) in [7, 11) is 4.46. The van der Waals surface area contributed by atoms with Crippen LogP contribution in [0.15, 0.2) is 36.4 Å². The van der Waals surface area contributed by atoms with E-state index in [0.717, 1.165) is 71.5 Å². The van der Waals surface area contributed by atoms with E-state index in [0.29, 0.717) is 25.9 Å². The van der Waals surface area contributed by atoms with Gasteiger partial charge >= 0.3 is 35.8 Å². The van der Waals surface area contributed by atoms with Crippen LogP contribution in [0.4, 0.5) is 0 Å². The average Bonchev–Trinajstić information content (AvgIpc) is 3.33. The van der Waals surface area contributed by atoms with E-state index in [4.69, 9.17) is 28.4 Å². The van der Waals surface area contributed by atoms with E-state index in [2.05, 4.69) is 14.1 Å². The topological polar surface area (TPSA) is 158 Å². The molecule has 2 aromatic rings. The Labute approximate surface area is 372 Å². The van der Waals surface area contributed by atoms with Gasteiger partial charge in [0, 0.05) is 90.2 Å². The largest absolute Gasteiger partial charge is 1.00 e. The molecule has 1 saturated carbocycles. The third-order valence-corrected chi connectivity index (χ3v) is 13.7. The van der Waals surface area contributed by atoms with Crippen LogP contribution in [0.5, 0.6) is 23.0 Å². The van der Waals surface area contributed by atoms with Crippen molar-refractivity contribution in [1.29, 1.82) is 0 Å². The minimum absolute atomic E-state index is 0. The Hall–Kier alpha value is -3.86. The fourth-order valence-electron chi connectivity index (χ4n) is 10.7. The third-order valence-electron chi connectivity index (χ3n) is 13.7. The predicted molar refractivity (Wildman–Crippen MR) is 206 cm³/mol. The average molecular weight is 965 g/mol. The monoisotopic (exact) mass is 962 g/mol. The first-order valence-corrected chi connectivity index (χ1v) is 20.6. The fourth-order valence-corrected chi connectivity index (χ4v) is 10.7. The van der Waals surface area contributed by atoms with Crippen molar-refractivity contribution in [2.45, 2.75) is 141 Å². The molecule has 0 N–H and O–H groups in total. The molecule has 1 aliphatic carbocycles. The number of nitrogens with zero attached hydrogens (tertiary/aromatic N) is 2. The first kappa shape index (κ1) is 47.2. The van der Waals surface area contributed by atoms with E-state index < -0.39 is 35.7 Å². The van der Waals surface area contributed by atoms with E-state index in [9.17, 15) is 28.8 Å². The summed E-state index contributed by atoms with van der Waals surface area (Å²) >= 11 is 0. The van der Waals surface area contributed by atoms with Gasteiger partial charge in [0.2, 0.25) is 0 Å². The van der Waals surface area contributed by atoms with Gasteiger partial charge in [-0.2, -0.15) is 0 Å². The molecule has 328 valence electrons. The molecule has 2 aromatic carbocycles. The van der Waals surface area contributed by atoms with Gasteiger partial charge in [0.15, 0.2) is 23.0 Å². The minimum Gasteiger partial charge on any atom is -1.00 e. The third kappa shape index (κ3) is 10.1. The maximum atomic E-state index is 13.6. The van der Waals surface area contributed by atoms with E-state index in [1.54, 1.807) is 24.3 Å². The van der Waals surface area contributed by atoms with Crippen molar-refractivity contribution in [2.24, 2.45) is 11.8 Å². The molecule has 7 rings (SSSR count). The van der Waals surface area contributed by atoms with Gasteiger partial charge in [-0.05, 0) is 49.2 Å². The lowest BCUT2D eigenvalue weighted by atomic mass is 9.73. The van der Waals surface area contributed by atoms with Crippen LogP contribution in [0, 0.1) is 11.8 Å². The van der Waals surface area contributed by atoms with Crippen molar-refractivity contribution in [3.8, 4) is 23.0 Å². The predicted octanol–water partition coefficient (Wildman–Crippen LogP) is -0.511. The van der Waals surface area contributed by atoms with Gasteiger partial charge in [-0.15, -0.1) is 0 Å². The minimum atomic E-state index is -0.503. The summed E-state index contributed by atoms with van der Waals surface area (Å²) in [5.74, 6) is -2.79. The highest BCUT2D eigenvalue weighted by atomic mass is 79.9. The Morgan fingerprint density at radius 2 is 0.783 bits per heavy atom. The van der Waals surface area contributed by atoms with Crippen molar-refractivity contribution < 1.29 is 100 Å². The number of ether oxygens (including phenoxy) is 6. The van der Waals surface area contributed by atoms with Crippen molar-refractivity contribution >= 4 is 35.8 Å². The van der Waals surface area contributed by atoms with Gasteiger partial charge in [0.05, 0.1) is 50.1 Å². The number of carbonyl (C=O) groups is 6. The summed E-state index contributed by atoms with van der Waals surface area (Å²) in [5.41, 5.74) is 1.91. The van der Waals surface area contributed by atoms with Gasteiger partial charge in [-0.3, -0.25) is 28.8 Å². The quantitative estimate of drug-likeness (QED) is 0.153. The molecule has 4 bridgehead atoms. The lowest BCUT2D eigenvalue weighted by Gasteiger charge is -2.47. The number of benzene rings is 2. The number of fused-ring (bicyclic) bond motifs is 4. The molecule has 5 aliphatic rings.